The number of hydrogen-bond donors (Lipinski definition) is 1. The number of ether oxygens (including phenoxy) is 2. The van der Waals surface area contributed by atoms with Gasteiger partial charge in [0.25, 0.3) is 5.91 Å². The molecule has 0 saturated heterocycles. The number of hydrogen-bond acceptors (Lipinski definition) is 4. The minimum atomic E-state index is -4.66. The van der Waals surface area contributed by atoms with E-state index in [0.29, 0.717) is 17.1 Å². The molecular formula is C19H13ClF3NO4. The van der Waals surface area contributed by atoms with Gasteiger partial charge in [-0.05, 0) is 42.8 Å². The number of para-hydroxylation sites is 1. The van der Waals surface area contributed by atoms with E-state index in [9.17, 15) is 22.8 Å². The Balaban J connectivity index is 1.94. The second-order valence-corrected chi connectivity index (χ2v) is 6.26. The van der Waals surface area contributed by atoms with Gasteiger partial charge in [0.05, 0.1) is 21.8 Å². The fourth-order valence-corrected chi connectivity index (χ4v) is 2.87. The second-order valence-electron chi connectivity index (χ2n) is 5.85. The summed E-state index contributed by atoms with van der Waals surface area (Å²) in [7, 11) is 0. The Morgan fingerprint density at radius 3 is 2.57 bits per heavy atom. The normalized spacial score (nSPS) is 13.4. The van der Waals surface area contributed by atoms with E-state index in [4.69, 9.17) is 21.1 Å². The summed E-state index contributed by atoms with van der Waals surface area (Å²) in [6.45, 7) is 1.12. The first-order valence-electron chi connectivity index (χ1n) is 7.96. The number of halogens is 4. The van der Waals surface area contributed by atoms with Gasteiger partial charge in [-0.15, -0.1) is 0 Å². The Morgan fingerprint density at radius 2 is 1.89 bits per heavy atom. The van der Waals surface area contributed by atoms with Crippen LogP contribution < -0.4 is 14.8 Å². The maximum atomic E-state index is 13.1. The van der Waals surface area contributed by atoms with E-state index in [1.54, 1.807) is 0 Å². The van der Waals surface area contributed by atoms with Gasteiger partial charge in [0.15, 0.2) is 17.3 Å². The topological polar surface area (TPSA) is 64.6 Å². The molecule has 0 aliphatic carbocycles. The predicted octanol–water partition coefficient (Wildman–Crippen LogP) is 4.70. The lowest BCUT2D eigenvalue weighted by molar-refractivity contribution is -0.137. The van der Waals surface area contributed by atoms with E-state index in [2.05, 4.69) is 5.32 Å². The number of rotatable bonds is 4. The molecule has 0 radical (unpaired) electrons. The molecule has 9 heteroatoms. The molecule has 1 heterocycles. The Bertz CT molecular complexity index is 986. The van der Waals surface area contributed by atoms with Crippen molar-refractivity contribution in [2.45, 2.75) is 13.1 Å². The van der Waals surface area contributed by atoms with Crippen LogP contribution in [0.2, 0.25) is 5.02 Å². The first-order chi connectivity index (χ1) is 13.2. The van der Waals surface area contributed by atoms with Crippen molar-refractivity contribution >= 4 is 35.1 Å². The van der Waals surface area contributed by atoms with Crippen LogP contribution in [-0.2, 0) is 15.8 Å². The third-order valence-electron chi connectivity index (χ3n) is 3.87. The number of carbonyl (C=O) groups excluding carboxylic acids is 2. The highest BCUT2D eigenvalue weighted by atomic mass is 35.5. The molecule has 28 heavy (non-hydrogen) atoms. The van der Waals surface area contributed by atoms with E-state index in [0.717, 1.165) is 19.1 Å². The molecule has 0 fully saturated rings. The monoisotopic (exact) mass is 411 g/mol. The van der Waals surface area contributed by atoms with Gasteiger partial charge in [0.2, 0.25) is 6.79 Å². The van der Waals surface area contributed by atoms with Gasteiger partial charge in [0, 0.05) is 0 Å². The zero-order chi connectivity index (χ0) is 20.5. The summed E-state index contributed by atoms with van der Waals surface area (Å²) in [6.07, 6.45) is -3.43. The number of amides is 1. The molecule has 1 aliphatic heterocycles. The summed E-state index contributed by atoms with van der Waals surface area (Å²) in [5.74, 6) is -0.926. The Morgan fingerprint density at radius 1 is 1.18 bits per heavy atom. The maximum absolute atomic E-state index is 13.1. The van der Waals surface area contributed by atoms with Gasteiger partial charge < -0.3 is 14.8 Å². The summed E-state index contributed by atoms with van der Waals surface area (Å²) in [6, 6.07) is 7.46. The van der Waals surface area contributed by atoms with Crippen LogP contribution in [0.1, 0.15) is 18.1 Å². The van der Waals surface area contributed by atoms with E-state index in [1.807, 2.05) is 0 Å². The Labute approximate surface area is 162 Å². The van der Waals surface area contributed by atoms with Gasteiger partial charge in [0.1, 0.15) is 0 Å². The smallest absolute Gasteiger partial charge is 0.418 e. The van der Waals surface area contributed by atoms with Crippen molar-refractivity contribution < 1.29 is 32.2 Å². The molecule has 2 aromatic carbocycles. The summed E-state index contributed by atoms with van der Waals surface area (Å²) in [5.41, 5.74) is -1.45. The number of nitrogens with one attached hydrogen (secondary N) is 1. The zero-order valence-electron chi connectivity index (χ0n) is 14.4. The molecule has 5 nitrogen and oxygen atoms in total. The van der Waals surface area contributed by atoms with Crippen LogP contribution in [0.15, 0.2) is 42.0 Å². The van der Waals surface area contributed by atoms with Gasteiger partial charge in [-0.1, -0.05) is 23.7 Å². The van der Waals surface area contributed by atoms with Crippen LogP contribution in [0.5, 0.6) is 11.5 Å². The van der Waals surface area contributed by atoms with Crippen LogP contribution >= 0.6 is 11.6 Å². The molecule has 0 spiro atoms. The van der Waals surface area contributed by atoms with Gasteiger partial charge in [-0.25, -0.2) is 0 Å². The Kier molecular flexibility index (Phi) is 5.33. The van der Waals surface area contributed by atoms with Crippen molar-refractivity contribution in [2.75, 3.05) is 12.1 Å². The van der Waals surface area contributed by atoms with Crippen molar-refractivity contribution in [1.82, 2.24) is 0 Å². The van der Waals surface area contributed by atoms with Crippen LogP contribution in [0.25, 0.3) is 6.08 Å². The predicted molar refractivity (Wildman–Crippen MR) is 96.3 cm³/mol. The quantitative estimate of drug-likeness (QED) is 0.450. The number of carbonyl (C=O) groups is 2. The van der Waals surface area contributed by atoms with Crippen molar-refractivity contribution in [3.05, 3.63) is 58.1 Å². The SMILES string of the molecule is CC(=O)/C(=C\c1cc(Cl)c2c(c1)OCO2)C(=O)Nc1ccccc1C(F)(F)F. The summed E-state index contributed by atoms with van der Waals surface area (Å²) in [4.78, 5) is 24.4. The lowest BCUT2D eigenvalue weighted by atomic mass is 10.1. The number of fused-ring (bicyclic) bond motifs is 1. The highest BCUT2D eigenvalue weighted by Crippen LogP contribution is 2.40. The molecule has 0 atom stereocenters. The highest BCUT2D eigenvalue weighted by Gasteiger charge is 2.34. The first kappa shape index (κ1) is 19.8. The van der Waals surface area contributed by atoms with Crippen LogP contribution in [0.4, 0.5) is 18.9 Å². The summed E-state index contributed by atoms with van der Waals surface area (Å²) >= 11 is 6.07. The molecule has 0 unspecified atom stereocenters. The average molecular weight is 412 g/mol. The number of anilines is 1. The molecule has 0 aromatic heterocycles. The molecule has 1 amide bonds. The molecule has 146 valence electrons. The Hall–Kier alpha value is -3.00. The second kappa shape index (κ2) is 7.55. The largest absolute Gasteiger partial charge is 0.454 e. The molecule has 0 bridgehead atoms. The fraction of sp³-hybridized carbons (Fsp3) is 0.158. The van der Waals surface area contributed by atoms with Gasteiger partial charge in [-0.3, -0.25) is 9.59 Å². The van der Waals surface area contributed by atoms with Crippen LogP contribution in [0, 0.1) is 0 Å². The molecule has 2 aromatic rings. The van der Waals surface area contributed by atoms with E-state index in [-0.39, 0.29) is 17.4 Å². The lowest BCUT2D eigenvalue weighted by Crippen LogP contribution is -2.21. The third-order valence-corrected chi connectivity index (χ3v) is 4.15. The van der Waals surface area contributed by atoms with Gasteiger partial charge in [-0.2, -0.15) is 13.2 Å². The highest BCUT2D eigenvalue weighted by molar-refractivity contribution is 6.32. The third kappa shape index (κ3) is 4.12. The minimum Gasteiger partial charge on any atom is -0.454 e. The number of Topliss-reactive ketones (excluding diaryl/α,β-unsaturated/α-hetero) is 1. The number of benzene rings is 2. The van der Waals surface area contributed by atoms with Crippen molar-refractivity contribution in [3.8, 4) is 11.5 Å². The molecule has 0 saturated carbocycles. The molecule has 1 N–H and O–H groups in total. The number of alkyl halides is 3. The van der Waals surface area contributed by atoms with Crippen LogP contribution in [-0.4, -0.2) is 18.5 Å². The standard InChI is InChI=1S/C19H13ClF3NO4/c1-10(25)12(6-11-7-14(20)17-16(8-11)27-9-28-17)18(26)24-15-5-3-2-4-13(15)19(21,22)23/h2-8H,9H2,1H3,(H,24,26)/b12-6+. The van der Waals surface area contributed by atoms with Gasteiger partial charge >= 0.3 is 6.18 Å². The summed E-state index contributed by atoms with van der Waals surface area (Å²) in [5, 5.41) is 2.36. The fourth-order valence-electron chi connectivity index (χ4n) is 2.59. The van der Waals surface area contributed by atoms with E-state index in [1.165, 1.54) is 30.3 Å². The van der Waals surface area contributed by atoms with E-state index < -0.39 is 29.1 Å². The average Bonchev–Trinajstić information content (AvgIpc) is 3.08. The first-order valence-corrected chi connectivity index (χ1v) is 8.34. The van der Waals surface area contributed by atoms with Crippen LogP contribution in [0.3, 0.4) is 0 Å². The number of ketones is 1. The summed E-state index contributed by atoms with van der Waals surface area (Å²) < 4.78 is 49.7. The molecular weight excluding hydrogens is 399 g/mol. The lowest BCUT2D eigenvalue weighted by Gasteiger charge is -2.14. The molecule has 3 rings (SSSR count). The van der Waals surface area contributed by atoms with Crippen molar-refractivity contribution in [3.63, 3.8) is 0 Å². The zero-order valence-corrected chi connectivity index (χ0v) is 15.1. The minimum absolute atomic E-state index is 0.0174. The van der Waals surface area contributed by atoms with Crippen molar-refractivity contribution in [2.24, 2.45) is 0 Å². The maximum Gasteiger partial charge on any atom is 0.418 e. The van der Waals surface area contributed by atoms with Crippen molar-refractivity contribution in [1.29, 1.82) is 0 Å². The molecule has 1 aliphatic rings. The van der Waals surface area contributed by atoms with E-state index >= 15 is 0 Å².